The van der Waals surface area contributed by atoms with Gasteiger partial charge in [0.15, 0.2) is 11.7 Å². The van der Waals surface area contributed by atoms with Gasteiger partial charge in [0.05, 0.1) is 5.57 Å². The standard InChI is InChI=1S/C31H26N4O/c1-21-13-17-25(18-14-21)32-30-28(34-29(35-30)24-11-7-4-8-12-24)27(23-9-5-3-6-10-23)31(36)33-26-19-15-22(2)16-20-26/h3-20H,1-2H3,(H,33,36)(H,32,34,35)/b28-27+. The number of nitrogens with one attached hydrogen (secondary N) is 2. The maximum absolute atomic E-state index is 13.7. The normalized spacial score (nSPS) is 14.1. The molecule has 0 bridgehead atoms. The zero-order chi connectivity index (χ0) is 24.9. The third-order valence-electron chi connectivity index (χ3n) is 5.84. The summed E-state index contributed by atoms with van der Waals surface area (Å²) in [6.07, 6.45) is 0. The third kappa shape index (κ3) is 5.15. The zero-order valence-electron chi connectivity index (χ0n) is 20.2. The summed E-state index contributed by atoms with van der Waals surface area (Å²) in [5.41, 5.74) is 6.44. The second-order valence-electron chi connectivity index (χ2n) is 8.66. The van der Waals surface area contributed by atoms with Crippen molar-refractivity contribution in [2.24, 2.45) is 9.98 Å². The van der Waals surface area contributed by atoms with Crippen LogP contribution in [-0.2, 0) is 4.79 Å². The number of anilines is 2. The zero-order valence-corrected chi connectivity index (χ0v) is 20.2. The molecule has 0 aliphatic carbocycles. The fourth-order valence-electron chi connectivity index (χ4n) is 3.90. The molecule has 4 aromatic rings. The molecule has 0 aromatic heterocycles. The summed E-state index contributed by atoms with van der Waals surface area (Å²) >= 11 is 0. The highest BCUT2D eigenvalue weighted by Crippen LogP contribution is 2.28. The number of nitrogens with zero attached hydrogens (tertiary/aromatic N) is 2. The molecule has 1 heterocycles. The number of carbonyl (C=O) groups excluding carboxylic acids is 1. The SMILES string of the molecule is Cc1ccc(NC(=O)/C(=C2/N=C(c3ccccc3)N=C2Nc2ccc(C)cc2)c2ccccc2)cc1. The largest absolute Gasteiger partial charge is 0.338 e. The molecule has 1 aliphatic rings. The van der Waals surface area contributed by atoms with Crippen molar-refractivity contribution < 1.29 is 4.79 Å². The van der Waals surface area contributed by atoms with Gasteiger partial charge in [-0.2, -0.15) is 0 Å². The second kappa shape index (κ2) is 10.2. The van der Waals surface area contributed by atoms with Crippen LogP contribution < -0.4 is 10.6 Å². The van der Waals surface area contributed by atoms with Crippen molar-refractivity contribution in [1.82, 2.24) is 0 Å². The first-order valence-electron chi connectivity index (χ1n) is 11.8. The fourth-order valence-corrected chi connectivity index (χ4v) is 3.90. The number of hydrogen-bond acceptors (Lipinski definition) is 4. The minimum atomic E-state index is -0.253. The van der Waals surface area contributed by atoms with Gasteiger partial charge < -0.3 is 10.6 Å². The van der Waals surface area contributed by atoms with Crippen LogP contribution in [0.3, 0.4) is 0 Å². The molecule has 0 saturated heterocycles. The molecule has 1 amide bonds. The van der Waals surface area contributed by atoms with E-state index in [4.69, 9.17) is 9.98 Å². The first kappa shape index (κ1) is 23.0. The fraction of sp³-hybridized carbons (Fsp3) is 0.0645. The van der Waals surface area contributed by atoms with E-state index in [0.717, 1.165) is 33.6 Å². The van der Waals surface area contributed by atoms with Crippen molar-refractivity contribution in [1.29, 1.82) is 0 Å². The first-order chi connectivity index (χ1) is 17.6. The van der Waals surface area contributed by atoms with Crippen LogP contribution in [0, 0.1) is 13.8 Å². The Kier molecular flexibility index (Phi) is 6.54. The van der Waals surface area contributed by atoms with Gasteiger partial charge in [-0.1, -0.05) is 96.1 Å². The van der Waals surface area contributed by atoms with Crippen LogP contribution in [0.15, 0.2) is 125 Å². The monoisotopic (exact) mass is 470 g/mol. The van der Waals surface area contributed by atoms with Crippen LogP contribution >= 0.6 is 0 Å². The van der Waals surface area contributed by atoms with Gasteiger partial charge in [0.2, 0.25) is 0 Å². The summed E-state index contributed by atoms with van der Waals surface area (Å²) in [6.45, 7) is 4.06. The lowest BCUT2D eigenvalue weighted by Gasteiger charge is -2.14. The lowest BCUT2D eigenvalue weighted by Crippen LogP contribution is -2.20. The van der Waals surface area contributed by atoms with Crippen LogP contribution in [0.5, 0.6) is 0 Å². The Bertz CT molecular complexity index is 1470. The topological polar surface area (TPSA) is 65.8 Å². The highest BCUT2D eigenvalue weighted by Gasteiger charge is 2.27. The molecule has 2 N–H and O–H groups in total. The molecule has 5 heteroatoms. The lowest BCUT2D eigenvalue weighted by molar-refractivity contribution is -0.111. The summed E-state index contributed by atoms with van der Waals surface area (Å²) in [7, 11) is 0. The van der Waals surface area contributed by atoms with Crippen molar-refractivity contribution >= 4 is 34.5 Å². The number of hydrogen-bond donors (Lipinski definition) is 2. The molecule has 0 unspecified atom stereocenters. The molecular formula is C31H26N4O. The Morgan fingerprint density at radius 3 is 1.81 bits per heavy atom. The van der Waals surface area contributed by atoms with Crippen molar-refractivity contribution in [3.8, 4) is 0 Å². The summed E-state index contributed by atoms with van der Waals surface area (Å²) in [6, 6.07) is 35.1. The van der Waals surface area contributed by atoms with Gasteiger partial charge in [0.1, 0.15) is 5.70 Å². The van der Waals surface area contributed by atoms with Gasteiger partial charge in [0.25, 0.3) is 5.91 Å². The van der Waals surface area contributed by atoms with Crippen molar-refractivity contribution in [2.75, 3.05) is 10.6 Å². The Morgan fingerprint density at radius 2 is 1.19 bits per heavy atom. The van der Waals surface area contributed by atoms with Crippen LogP contribution in [0.25, 0.3) is 5.57 Å². The second-order valence-corrected chi connectivity index (χ2v) is 8.66. The molecule has 36 heavy (non-hydrogen) atoms. The maximum atomic E-state index is 13.7. The van der Waals surface area contributed by atoms with Gasteiger partial charge in [-0.25, -0.2) is 9.98 Å². The number of aliphatic imine (C=N–C) groups is 2. The Morgan fingerprint density at radius 1 is 0.639 bits per heavy atom. The average molecular weight is 471 g/mol. The van der Waals surface area contributed by atoms with Gasteiger partial charge in [-0.3, -0.25) is 4.79 Å². The van der Waals surface area contributed by atoms with E-state index < -0.39 is 0 Å². The minimum Gasteiger partial charge on any atom is -0.338 e. The minimum absolute atomic E-state index is 0.253. The van der Waals surface area contributed by atoms with E-state index in [0.29, 0.717) is 22.9 Å². The Labute approximate surface area is 211 Å². The van der Waals surface area contributed by atoms with Gasteiger partial charge >= 0.3 is 0 Å². The number of amidine groups is 2. The first-order valence-corrected chi connectivity index (χ1v) is 11.8. The van der Waals surface area contributed by atoms with Crippen molar-refractivity contribution in [3.63, 3.8) is 0 Å². The molecule has 0 radical (unpaired) electrons. The van der Waals surface area contributed by atoms with Crippen LogP contribution in [0.2, 0.25) is 0 Å². The van der Waals surface area contributed by atoms with E-state index in [9.17, 15) is 4.79 Å². The van der Waals surface area contributed by atoms with E-state index >= 15 is 0 Å². The smallest absolute Gasteiger partial charge is 0.258 e. The van der Waals surface area contributed by atoms with E-state index in [1.165, 1.54) is 0 Å². The van der Waals surface area contributed by atoms with Crippen LogP contribution in [0.1, 0.15) is 22.3 Å². The molecule has 1 aliphatic heterocycles. The number of rotatable bonds is 5. The molecule has 0 saturated carbocycles. The summed E-state index contributed by atoms with van der Waals surface area (Å²) in [5, 5.41) is 6.43. The molecule has 4 aromatic carbocycles. The summed E-state index contributed by atoms with van der Waals surface area (Å²) < 4.78 is 0. The molecule has 0 fully saturated rings. The maximum Gasteiger partial charge on any atom is 0.258 e. The summed E-state index contributed by atoms with van der Waals surface area (Å²) in [4.78, 5) is 23.4. The number of aryl methyl sites for hydroxylation is 2. The molecule has 0 spiro atoms. The quantitative estimate of drug-likeness (QED) is 0.322. The van der Waals surface area contributed by atoms with Crippen molar-refractivity contribution in [2.45, 2.75) is 13.8 Å². The highest BCUT2D eigenvalue weighted by molar-refractivity contribution is 6.35. The van der Waals surface area contributed by atoms with E-state index in [-0.39, 0.29) is 5.91 Å². The van der Waals surface area contributed by atoms with Gasteiger partial charge in [0, 0.05) is 16.9 Å². The van der Waals surface area contributed by atoms with E-state index in [1.54, 1.807) is 0 Å². The molecule has 5 rings (SSSR count). The van der Waals surface area contributed by atoms with Gasteiger partial charge in [-0.05, 0) is 43.7 Å². The van der Waals surface area contributed by atoms with Crippen molar-refractivity contribution in [3.05, 3.63) is 137 Å². The van der Waals surface area contributed by atoms with E-state index in [1.807, 2.05) is 123 Å². The average Bonchev–Trinajstić information content (AvgIpc) is 3.31. The Hall–Kier alpha value is -4.77. The predicted octanol–water partition coefficient (Wildman–Crippen LogP) is 6.62. The van der Waals surface area contributed by atoms with E-state index in [2.05, 4.69) is 10.6 Å². The molecular weight excluding hydrogens is 444 g/mol. The number of carbonyl (C=O) groups is 1. The molecule has 5 nitrogen and oxygen atoms in total. The molecule has 0 atom stereocenters. The third-order valence-corrected chi connectivity index (χ3v) is 5.84. The molecule has 176 valence electrons. The van der Waals surface area contributed by atoms with Gasteiger partial charge in [-0.15, -0.1) is 0 Å². The number of amides is 1. The summed E-state index contributed by atoms with van der Waals surface area (Å²) in [5.74, 6) is 0.823. The van der Waals surface area contributed by atoms with Crippen LogP contribution in [0.4, 0.5) is 11.4 Å². The highest BCUT2D eigenvalue weighted by atomic mass is 16.1. The van der Waals surface area contributed by atoms with Crippen LogP contribution in [-0.4, -0.2) is 17.6 Å². The Balaban J connectivity index is 1.63. The predicted molar refractivity (Wildman–Crippen MR) is 148 cm³/mol. The number of benzene rings is 4. The lowest BCUT2D eigenvalue weighted by atomic mass is 10.0.